The number of aryl methyl sites for hydroxylation is 1. The van der Waals surface area contributed by atoms with Crippen molar-refractivity contribution in [1.82, 2.24) is 0 Å². The molecule has 0 amide bonds. The van der Waals surface area contributed by atoms with Crippen molar-refractivity contribution in [3.63, 3.8) is 0 Å². The van der Waals surface area contributed by atoms with Gasteiger partial charge in [-0.3, -0.25) is 0 Å². The van der Waals surface area contributed by atoms with Crippen LogP contribution in [0.5, 0.6) is 0 Å². The molecule has 0 N–H and O–H groups in total. The van der Waals surface area contributed by atoms with Crippen LogP contribution in [0.25, 0.3) is 11.3 Å². The third-order valence-electron chi connectivity index (χ3n) is 6.47. The van der Waals surface area contributed by atoms with Gasteiger partial charge in [0, 0.05) is 12.1 Å². The van der Waals surface area contributed by atoms with Crippen LogP contribution in [0.4, 0.5) is 8.78 Å². The van der Waals surface area contributed by atoms with Gasteiger partial charge in [0.15, 0.2) is 18.1 Å². The van der Waals surface area contributed by atoms with Crippen LogP contribution < -0.4 is 4.57 Å². The van der Waals surface area contributed by atoms with Crippen molar-refractivity contribution in [2.75, 3.05) is 0 Å². The van der Waals surface area contributed by atoms with Gasteiger partial charge in [-0.15, -0.1) is 0 Å². The molecular weight excluding hydrogens is 378 g/mol. The molecule has 0 aliphatic rings. The Morgan fingerprint density at radius 3 is 2.30 bits per heavy atom. The Balaban J connectivity index is 2.87. The summed E-state index contributed by atoms with van der Waals surface area (Å²) in [6.07, 6.45) is 7.77. The van der Waals surface area contributed by atoms with Crippen LogP contribution in [0, 0.1) is 23.0 Å². The molecule has 0 atom stereocenters. The van der Waals surface area contributed by atoms with Crippen LogP contribution in [0.15, 0.2) is 24.4 Å². The van der Waals surface area contributed by atoms with Crippen molar-refractivity contribution in [3.05, 3.63) is 52.7 Å². The van der Waals surface area contributed by atoms with Gasteiger partial charge in [0.05, 0.1) is 5.56 Å². The molecule has 0 saturated heterocycles. The quantitative estimate of drug-likeness (QED) is 0.316. The van der Waals surface area contributed by atoms with Crippen LogP contribution in [-0.2, 0) is 11.8 Å². The molecular formula is C26H35F2N2+. The summed E-state index contributed by atoms with van der Waals surface area (Å²) in [4.78, 5) is 0. The minimum Gasteiger partial charge on any atom is -0.205 e. The maximum Gasteiger partial charge on any atom is 0.216 e. The van der Waals surface area contributed by atoms with Gasteiger partial charge in [0.25, 0.3) is 0 Å². The van der Waals surface area contributed by atoms with E-state index < -0.39 is 22.6 Å². The van der Waals surface area contributed by atoms with Gasteiger partial charge < -0.3 is 0 Å². The van der Waals surface area contributed by atoms with Gasteiger partial charge >= 0.3 is 0 Å². The first-order valence-electron chi connectivity index (χ1n) is 11.2. The van der Waals surface area contributed by atoms with E-state index in [0.717, 1.165) is 49.8 Å². The Morgan fingerprint density at radius 2 is 1.77 bits per heavy atom. The predicted octanol–water partition coefficient (Wildman–Crippen LogP) is 7.18. The first-order chi connectivity index (χ1) is 14.2. The van der Waals surface area contributed by atoms with Crippen molar-refractivity contribution in [2.45, 2.75) is 91.5 Å². The lowest BCUT2D eigenvalue weighted by Crippen LogP contribution is -2.39. The number of hydrogen-bond acceptors (Lipinski definition) is 1. The first-order valence-corrected chi connectivity index (χ1v) is 11.2. The number of rotatable bonds is 9. The lowest BCUT2D eigenvalue weighted by molar-refractivity contribution is -0.706. The minimum atomic E-state index is -0.780. The van der Waals surface area contributed by atoms with Gasteiger partial charge in [-0.05, 0) is 62.1 Å². The third-order valence-corrected chi connectivity index (χ3v) is 6.47. The lowest BCUT2D eigenvalue weighted by atomic mass is 9.74. The summed E-state index contributed by atoms with van der Waals surface area (Å²) in [5, 5.41) is 9.42. The van der Waals surface area contributed by atoms with E-state index in [1.807, 2.05) is 51.4 Å². The fourth-order valence-corrected chi connectivity index (χ4v) is 4.02. The molecule has 2 rings (SSSR count). The molecule has 0 fully saturated rings. The number of hydrogen-bond donors (Lipinski definition) is 0. The third kappa shape index (κ3) is 4.72. The maximum absolute atomic E-state index is 15.7. The van der Waals surface area contributed by atoms with Gasteiger partial charge in [0.2, 0.25) is 5.69 Å². The molecule has 0 radical (unpaired) electrons. The number of aromatic nitrogens is 1. The SMILES string of the molecule is CCCCCc1cc[n+](C(C)C)c(-c2c(C(C)(CC)CC)cc(F)c(C#N)c2F)c1. The standard InChI is InChI=1S/C26H35F2N2/c1-7-10-11-12-19-13-14-30(18(4)5)23(15-19)24-21(26(6,8-2)9-3)16-22(27)20(17-29)25(24)28/h13-16,18H,7-12H2,1-6H3/q+1. The number of pyridine rings is 1. The Morgan fingerprint density at radius 1 is 1.10 bits per heavy atom. The number of halogens is 2. The van der Waals surface area contributed by atoms with E-state index in [0.29, 0.717) is 11.1 Å². The molecule has 2 nitrogen and oxygen atoms in total. The maximum atomic E-state index is 15.7. The van der Waals surface area contributed by atoms with E-state index in [1.54, 1.807) is 6.07 Å². The molecule has 0 spiro atoms. The van der Waals surface area contributed by atoms with Crippen molar-refractivity contribution >= 4 is 0 Å². The average molecular weight is 414 g/mol. The normalized spacial score (nSPS) is 11.7. The summed E-state index contributed by atoms with van der Waals surface area (Å²) < 4.78 is 32.4. The highest BCUT2D eigenvalue weighted by atomic mass is 19.1. The predicted molar refractivity (Wildman–Crippen MR) is 118 cm³/mol. The molecule has 0 aliphatic heterocycles. The molecule has 1 heterocycles. The van der Waals surface area contributed by atoms with E-state index in [1.165, 1.54) is 6.07 Å². The monoisotopic (exact) mass is 413 g/mol. The summed E-state index contributed by atoms with van der Waals surface area (Å²) in [5.41, 5.74) is 1.97. The molecule has 30 heavy (non-hydrogen) atoms. The fourth-order valence-electron chi connectivity index (χ4n) is 4.02. The van der Waals surface area contributed by atoms with Gasteiger partial charge in [-0.2, -0.15) is 9.83 Å². The van der Waals surface area contributed by atoms with Crippen LogP contribution in [0.1, 0.15) is 96.4 Å². The Hall–Kier alpha value is -2.28. The van der Waals surface area contributed by atoms with Crippen molar-refractivity contribution in [2.24, 2.45) is 0 Å². The molecule has 162 valence electrons. The number of benzene rings is 1. The molecule has 1 aromatic heterocycles. The number of unbranched alkanes of at least 4 members (excludes halogenated alkanes) is 2. The van der Waals surface area contributed by atoms with E-state index in [-0.39, 0.29) is 6.04 Å². The van der Waals surface area contributed by atoms with Crippen LogP contribution >= 0.6 is 0 Å². The van der Waals surface area contributed by atoms with Crippen LogP contribution in [0.2, 0.25) is 0 Å². The summed E-state index contributed by atoms with van der Waals surface area (Å²) in [6, 6.07) is 7.34. The van der Waals surface area contributed by atoms with Gasteiger partial charge in [-0.1, -0.05) is 40.5 Å². The minimum absolute atomic E-state index is 0.0991. The molecule has 4 heteroatoms. The van der Waals surface area contributed by atoms with Gasteiger partial charge in [0.1, 0.15) is 17.4 Å². The highest BCUT2D eigenvalue weighted by molar-refractivity contribution is 5.67. The Bertz CT molecular complexity index is 922. The van der Waals surface area contributed by atoms with E-state index in [9.17, 15) is 9.65 Å². The topological polar surface area (TPSA) is 27.7 Å². The molecule has 0 saturated carbocycles. The summed E-state index contributed by atoms with van der Waals surface area (Å²) in [5.74, 6) is -1.53. The lowest BCUT2D eigenvalue weighted by Gasteiger charge is -2.30. The molecule has 1 aromatic carbocycles. The highest BCUT2D eigenvalue weighted by Crippen LogP contribution is 2.40. The second-order valence-corrected chi connectivity index (χ2v) is 8.73. The number of nitriles is 1. The average Bonchev–Trinajstić information content (AvgIpc) is 2.73. The van der Waals surface area contributed by atoms with E-state index in [4.69, 9.17) is 0 Å². The van der Waals surface area contributed by atoms with Crippen molar-refractivity contribution < 1.29 is 13.3 Å². The fraction of sp³-hybridized carbons (Fsp3) is 0.538. The summed E-state index contributed by atoms with van der Waals surface area (Å²) in [7, 11) is 0. The highest BCUT2D eigenvalue weighted by Gasteiger charge is 2.34. The van der Waals surface area contributed by atoms with Gasteiger partial charge in [-0.25, -0.2) is 8.78 Å². The molecule has 0 unspecified atom stereocenters. The summed E-state index contributed by atoms with van der Waals surface area (Å²) >= 11 is 0. The van der Waals surface area contributed by atoms with Crippen molar-refractivity contribution in [1.29, 1.82) is 5.26 Å². The number of nitrogens with zero attached hydrogens (tertiary/aromatic N) is 2. The van der Waals surface area contributed by atoms with Crippen molar-refractivity contribution in [3.8, 4) is 17.3 Å². The van der Waals surface area contributed by atoms with Crippen LogP contribution in [-0.4, -0.2) is 0 Å². The second kappa shape index (κ2) is 10.2. The zero-order chi connectivity index (χ0) is 22.5. The smallest absolute Gasteiger partial charge is 0.205 e. The van der Waals surface area contributed by atoms with Crippen LogP contribution in [0.3, 0.4) is 0 Å². The van der Waals surface area contributed by atoms with E-state index in [2.05, 4.69) is 13.0 Å². The molecule has 0 aliphatic carbocycles. The largest absolute Gasteiger partial charge is 0.216 e. The van der Waals surface area contributed by atoms with E-state index >= 15 is 4.39 Å². The zero-order valence-electron chi connectivity index (χ0n) is 19.3. The molecule has 2 aromatic rings. The zero-order valence-corrected chi connectivity index (χ0v) is 19.3. The molecule has 0 bridgehead atoms. The Kier molecular flexibility index (Phi) is 8.12. The Labute approximate surface area is 180 Å². The second-order valence-electron chi connectivity index (χ2n) is 8.73. The summed E-state index contributed by atoms with van der Waals surface area (Å²) in [6.45, 7) is 12.4. The first kappa shape index (κ1) is 24.0.